The molecule has 0 amide bonds. The summed E-state index contributed by atoms with van der Waals surface area (Å²) in [5.74, 6) is 0. The van der Waals surface area contributed by atoms with Crippen LogP contribution in [0.25, 0.3) is 0 Å². The smallest absolute Gasteiger partial charge is 0.0452 e. The van der Waals surface area contributed by atoms with Crippen molar-refractivity contribution in [1.29, 1.82) is 0 Å². The molecule has 2 nitrogen and oxygen atoms in total. The first kappa shape index (κ1) is 14.8. The molecule has 96 valence electrons. The van der Waals surface area contributed by atoms with Crippen molar-refractivity contribution in [1.82, 2.24) is 10.2 Å². The third-order valence-electron chi connectivity index (χ3n) is 2.62. The lowest BCUT2D eigenvalue weighted by molar-refractivity contribution is 0.268. The first-order valence-corrected chi connectivity index (χ1v) is 6.73. The van der Waals surface area contributed by atoms with Crippen LogP contribution in [-0.2, 0) is 6.54 Å². The van der Waals surface area contributed by atoms with Crippen LogP contribution >= 0.6 is 23.2 Å². The first-order valence-electron chi connectivity index (χ1n) is 5.98. The highest BCUT2D eigenvalue weighted by Gasteiger charge is 2.08. The van der Waals surface area contributed by atoms with E-state index in [1.54, 1.807) is 0 Å². The molecule has 0 aromatic heterocycles. The van der Waals surface area contributed by atoms with Crippen LogP contribution in [-0.4, -0.2) is 31.6 Å². The van der Waals surface area contributed by atoms with E-state index in [4.69, 9.17) is 23.2 Å². The van der Waals surface area contributed by atoms with E-state index in [0.717, 1.165) is 48.2 Å². The Kier molecular flexibility index (Phi) is 6.90. The maximum atomic E-state index is 6.17. The molecule has 4 heteroatoms. The van der Waals surface area contributed by atoms with Gasteiger partial charge in [-0.25, -0.2) is 0 Å². The lowest BCUT2D eigenvalue weighted by Gasteiger charge is -2.22. The Morgan fingerprint density at radius 3 is 2.65 bits per heavy atom. The van der Waals surface area contributed by atoms with Crippen LogP contribution in [0, 0.1) is 0 Å². The van der Waals surface area contributed by atoms with E-state index in [0.29, 0.717) is 0 Å². The Bertz CT molecular complexity index is 342. The van der Waals surface area contributed by atoms with Gasteiger partial charge in [0.1, 0.15) is 0 Å². The highest BCUT2D eigenvalue weighted by molar-refractivity contribution is 6.33. The lowest BCUT2D eigenvalue weighted by Crippen LogP contribution is -2.31. The summed E-state index contributed by atoms with van der Waals surface area (Å²) in [6, 6.07) is 5.64. The van der Waals surface area contributed by atoms with Gasteiger partial charge in [-0.15, -0.1) is 0 Å². The Balaban J connectivity index is 2.67. The van der Waals surface area contributed by atoms with Gasteiger partial charge >= 0.3 is 0 Å². The molecule has 0 saturated heterocycles. The third kappa shape index (κ3) is 5.26. The fourth-order valence-corrected chi connectivity index (χ4v) is 2.13. The van der Waals surface area contributed by atoms with E-state index in [-0.39, 0.29) is 0 Å². The second kappa shape index (κ2) is 7.93. The van der Waals surface area contributed by atoms with Gasteiger partial charge < -0.3 is 5.32 Å². The fourth-order valence-electron chi connectivity index (χ4n) is 1.76. The van der Waals surface area contributed by atoms with Crippen LogP contribution in [0.5, 0.6) is 0 Å². The lowest BCUT2D eigenvalue weighted by atomic mass is 10.2. The summed E-state index contributed by atoms with van der Waals surface area (Å²) in [5, 5.41) is 4.70. The molecule has 1 aromatic rings. The van der Waals surface area contributed by atoms with E-state index in [9.17, 15) is 0 Å². The molecule has 1 aromatic carbocycles. The average molecular weight is 275 g/mol. The minimum absolute atomic E-state index is 0.745. The molecule has 1 N–H and O–H groups in total. The summed E-state index contributed by atoms with van der Waals surface area (Å²) in [5.41, 5.74) is 1.10. The SMILES string of the molecule is CCCN(CCNC)Cc1cc(Cl)ccc1Cl. The quantitative estimate of drug-likeness (QED) is 0.820. The zero-order chi connectivity index (χ0) is 12.7. The summed E-state index contributed by atoms with van der Waals surface area (Å²) < 4.78 is 0. The number of nitrogens with zero attached hydrogens (tertiary/aromatic N) is 1. The van der Waals surface area contributed by atoms with Gasteiger partial charge in [0.25, 0.3) is 0 Å². The molecule has 0 spiro atoms. The summed E-state index contributed by atoms with van der Waals surface area (Å²) in [4.78, 5) is 2.38. The molecular weight excluding hydrogens is 255 g/mol. The van der Waals surface area contributed by atoms with Crippen molar-refractivity contribution >= 4 is 23.2 Å². The summed E-state index contributed by atoms with van der Waals surface area (Å²) in [6.07, 6.45) is 1.14. The molecule has 0 heterocycles. The molecule has 0 saturated carbocycles. The summed E-state index contributed by atoms with van der Waals surface area (Å²) in [7, 11) is 1.97. The molecule has 0 unspecified atom stereocenters. The molecule has 0 aliphatic carbocycles. The van der Waals surface area contributed by atoms with Gasteiger partial charge in [0, 0.05) is 29.7 Å². The van der Waals surface area contributed by atoms with Crippen molar-refractivity contribution in [3.63, 3.8) is 0 Å². The molecule has 17 heavy (non-hydrogen) atoms. The third-order valence-corrected chi connectivity index (χ3v) is 3.22. The minimum atomic E-state index is 0.745. The fraction of sp³-hybridized carbons (Fsp3) is 0.538. The molecule has 0 aliphatic rings. The standard InChI is InChI=1S/C13H20Cl2N2/c1-3-7-17(8-6-16-2)10-11-9-12(14)4-5-13(11)15/h4-5,9,16H,3,6-8,10H2,1-2H3. The molecule has 0 fully saturated rings. The molecule has 0 atom stereocenters. The van der Waals surface area contributed by atoms with E-state index in [1.165, 1.54) is 0 Å². The largest absolute Gasteiger partial charge is 0.318 e. The van der Waals surface area contributed by atoms with Gasteiger partial charge in [0.15, 0.2) is 0 Å². The zero-order valence-corrected chi connectivity index (χ0v) is 12.0. The number of halogens is 2. The van der Waals surface area contributed by atoms with Crippen molar-refractivity contribution in [3.05, 3.63) is 33.8 Å². The van der Waals surface area contributed by atoms with E-state index in [1.807, 2.05) is 25.2 Å². The summed E-state index contributed by atoms with van der Waals surface area (Å²) in [6.45, 7) is 6.12. The van der Waals surface area contributed by atoms with Crippen molar-refractivity contribution < 1.29 is 0 Å². The molecular formula is C13H20Cl2N2. The Hall–Kier alpha value is -0.280. The normalized spacial score (nSPS) is 11.1. The highest BCUT2D eigenvalue weighted by Crippen LogP contribution is 2.22. The van der Waals surface area contributed by atoms with Gasteiger partial charge in [0.2, 0.25) is 0 Å². The van der Waals surface area contributed by atoms with Gasteiger partial charge in [-0.3, -0.25) is 4.90 Å². The Morgan fingerprint density at radius 2 is 2.00 bits per heavy atom. The van der Waals surface area contributed by atoms with Crippen LogP contribution in [0.3, 0.4) is 0 Å². The Morgan fingerprint density at radius 1 is 1.24 bits per heavy atom. The number of hydrogen-bond donors (Lipinski definition) is 1. The van der Waals surface area contributed by atoms with E-state index in [2.05, 4.69) is 17.1 Å². The number of likely N-dealkylation sites (N-methyl/N-ethyl adjacent to an activating group) is 1. The van der Waals surface area contributed by atoms with Crippen molar-refractivity contribution in [2.24, 2.45) is 0 Å². The van der Waals surface area contributed by atoms with Crippen LogP contribution in [0.4, 0.5) is 0 Å². The van der Waals surface area contributed by atoms with Gasteiger partial charge in [-0.05, 0) is 43.8 Å². The average Bonchev–Trinajstić information content (AvgIpc) is 2.31. The topological polar surface area (TPSA) is 15.3 Å². The highest BCUT2D eigenvalue weighted by atomic mass is 35.5. The maximum Gasteiger partial charge on any atom is 0.0452 e. The van der Waals surface area contributed by atoms with Crippen LogP contribution < -0.4 is 5.32 Å². The van der Waals surface area contributed by atoms with Crippen molar-refractivity contribution in [2.45, 2.75) is 19.9 Å². The number of hydrogen-bond acceptors (Lipinski definition) is 2. The number of nitrogens with one attached hydrogen (secondary N) is 1. The monoisotopic (exact) mass is 274 g/mol. The van der Waals surface area contributed by atoms with E-state index >= 15 is 0 Å². The van der Waals surface area contributed by atoms with Crippen LogP contribution in [0.15, 0.2) is 18.2 Å². The first-order chi connectivity index (χ1) is 8.17. The minimum Gasteiger partial charge on any atom is -0.318 e. The van der Waals surface area contributed by atoms with Gasteiger partial charge in [0.05, 0.1) is 0 Å². The predicted molar refractivity (Wildman–Crippen MR) is 76.0 cm³/mol. The second-order valence-electron chi connectivity index (χ2n) is 4.12. The molecule has 0 aliphatic heterocycles. The molecule has 0 bridgehead atoms. The number of benzene rings is 1. The number of rotatable bonds is 7. The van der Waals surface area contributed by atoms with E-state index < -0.39 is 0 Å². The Labute approximate surface area is 114 Å². The predicted octanol–water partition coefficient (Wildman–Crippen LogP) is 3.42. The second-order valence-corrected chi connectivity index (χ2v) is 4.96. The van der Waals surface area contributed by atoms with Crippen molar-refractivity contribution in [2.75, 3.05) is 26.7 Å². The van der Waals surface area contributed by atoms with Crippen LogP contribution in [0.2, 0.25) is 10.0 Å². The summed E-state index contributed by atoms with van der Waals surface area (Å²) >= 11 is 12.2. The maximum absolute atomic E-state index is 6.17. The van der Waals surface area contributed by atoms with Crippen molar-refractivity contribution in [3.8, 4) is 0 Å². The van der Waals surface area contributed by atoms with Gasteiger partial charge in [-0.1, -0.05) is 30.1 Å². The van der Waals surface area contributed by atoms with Crippen LogP contribution in [0.1, 0.15) is 18.9 Å². The van der Waals surface area contributed by atoms with Gasteiger partial charge in [-0.2, -0.15) is 0 Å². The molecule has 1 rings (SSSR count). The zero-order valence-electron chi connectivity index (χ0n) is 10.5. The molecule has 0 radical (unpaired) electrons.